The molecule has 4 heteroatoms. The number of aryl methyl sites for hydroxylation is 2. The van der Waals surface area contributed by atoms with Gasteiger partial charge in [-0.05, 0) is 44.4 Å². The van der Waals surface area contributed by atoms with Crippen molar-refractivity contribution in [3.8, 4) is 0 Å². The van der Waals surface area contributed by atoms with Gasteiger partial charge in [0.15, 0.2) is 11.6 Å². The van der Waals surface area contributed by atoms with E-state index < -0.39 is 11.4 Å². The topological polar surface area (TPSA) is 60.4 Å². The van der Waals surface area contributed by atoms with Crippen LogP contribution in [0.2, 0.25) is 0 Å². The summed E-state index contributed by atoms with van der Waals surface area (Å²) in [4.78, 5) is 39.2. The summed E-state index contributed by atoms with van der Waals surface area (Å²) in [7, 11) is 0. The number of esters is 1. The monoisotopic (exact) mass is 350 g/mol. The number of hydrogen-bond donors (Lipinski definition) is 0. The number of hydrogen-bond acceptors (Lipinski definition) is 4. The van der Waals surface area contributed by atoms with Crippen molar-refractivity contribution in [2.45, 2.75) is 39.5 Å². The molecular weight excluding hydrogens is 328 g/mol. The fraction of sp³-hybridized carbons (Fsp3) is 0.318. The predicted octanol–water partition coefficient (Wildman–Crippen LogP) is 3.88. The van der Waals surface area contributed by atoms with Crippen LogP contribution in [0, 0.1) is 20.8 Å². The smallest absolute Gasteiger partial charge is 0.307 e. The van der Waals surface area contributed by atoms with Crippen LogP contribution in [0.1, 0.15) is 56.3 Å². The van der Waals surface area contributed by atoms with Crippen molar-refractivity contribution in [3.05, 3.63) is 69.8 Å². The average molecular weight is 350 g/mol. The predicted molar refractivity (Wildman–Crippen MR) is 98.7 cm³/mol. The lowest BCUT2D eigenvalue weighted by Gasteiger charge is -2.28. The molecule has 0 unspecified atom stereocenters. The summed E-state index contributed by atoms with van der Waals surface area (Å²) in [5, 5.41) is 0. The lowest BCUT2D eigenvalue weighted by molar-refractivity contribution is -0.143. The standard InChI is InChI=1S/C22H22O4/c1-5-26-19(23)12-22(18-11-13(2)10-14(3)15(18)4)20(24)16-8-6-7-9-17(16)21(22)25/h6-11H,5,12H2,1-4H3. The second-order valence-corrected chi connectivity index (χ2v) is 6.85. The van der Waals surface area contributed by atoms with E-state index in [2.05, 4.69) is 0 Å². The van der Waals surface area contributed by atoms with E-state index in [1.807, 2.05) is 32.9 Å². The first kappa shape index (κ1) is 18.1. The van der Waals surface area contributed by atoms with Gasteiger partial charge in [0, 0.05) is 11.1 Å². The number of Topliss-reactive ketones (excluding diaryl/α,β-unsaturated/α-hetero) is 2. The molecule has 1 aliphatic carbocycles. The van der Waals surface area contributed by atoms with Gasteiger partial charge in [-0.3, -0.25) is 14.4 Å². The normalized spacial score (nSPS) is 15.1. The van der Waals surface area contributed by atoms with Crippen molar-refractivity contribution in [1.82, 2.24) is 0 Å². The highest BCUT2D eigenvalue weighted by atomic mass is 16.5. The Bertz CT molecular complexity index is 889. The fourth-order valence-electron chi connectivity index (χ4n) is 3.85. The van der Waals surface area contributed by atoms with Crippen LogP contribution in [0.25, 0.3) is 0 Å². The molecule has 3 rings (SSSR count). The highest BCUT2D eigenvalue weighted by molar-refractivity contribution is 6.34. The summed E-state index contributed by atoms with van der Waals surface area (Å²) < 4.78 is 5.10. The molecular formula is C22H22O4. The van der Waals surface area contributed by atoms with Gasteiger partial charge >= 0.3 is 5.97 Å². The number of rotatable bonds is 4. The molecule has 1 aliphatic rings. The van der Waals surface area contributed by atoms with Gasteiger partial charge in [0.2, 0.25) is 0 Å². The molecule has 0 fully saturated rings. The number of ether oxygens (including phenoxy) is 1. The van der Waals surface area contributed by atoms with E-state index in [0.29, 0.717) is 16.7 Å². The number of carbonyl (C=O) groups excluding carboxylic acids is 3. The molecule has 2 aromatic rings. The first-order chi connectivity index (χ1) is 12.3. The molecule has 134 valence electrons. The molecule has 0 saturated carbocycles. The summed E-state index contributed by atoms with van der Waals surface area (Å²) in [5.74, 6) is -1.18. The lowest BCUT2D eigenvalue weighted by atomic mass is 9.70. The SMILES string of the molecule is CCOC(=O)CC1(c2cc(C)cc(C)c2C)C(=O)c2ccccc2C1=O. The second-order valence-electron chi connectivity index (χ2n) is 6.85. The van der Waals surface area contributed by atoms with E-state index >= 15 is 0 Å². The molecule has 0 aliphatic heterocycles. The van der Waals surface area contributed by atoms with Gasteiger partial charge in [0.05, 0.1) is 13.0 Å². The van der Waals surface area contributed by atoms with Crippen LogP contribution in [0.3, 0.4) is 0 Å². The number of carbonyl (C=O) groups is 3. The number of benzene rings is 2. The Labute approximate surface area is 153 Å². The van der Waals surface area contributed by atoms with E-state index in [9.17, 15) is 14.4 Å². The number of fused-ring (bicyclic) bond motifs is 1. The number of ketones is 2. The Kier molecular flexibility index (Phi) is 4.53. The lowest BCUT2D eigenvalue weighted by Crippen LogP contribution is -2.42. The third-order valence-corrected chi connectivity index (χ3v) is 5.18. The van der Waals surface area contributed by atoms with Gasteiger partial charge < -0.3 is 4.74 Å². The molecule has 0 bridgehead atoms. The Morgan fingerprint density at radius 2 is 1.58 bits per heavy atom. The summed E-state index contributed by atoms with van der Waals surface area (Å²) in [5.41, 5.74) is 2.60. The van der Waals surface area contributed by atoms with E-state index in [1.54, 1.807) is 31.2 Å². The maximum Gasteiger partial charge on any atom is 0.307 e. The molecule has 26 heavy (non-hydrogen) atoms. The zero-order valence-corrected chi connectivity index (χ0v) is 15.5. The van der Waals surface area contributed by atoms with E-state index in [0.717, 1.165) is 16.7 Å². The Morgan fingerprint density at radius 1 is 1.00 bits per heavy atom. The van der Waals surface area contributed by atoms with Gasteiger partial charge in [-0.25, -0.2) is 0 Å². The maximum absolute atomic E-state index is 13.4. The molecule has 2 aromatic carbocycles. The van der Waals surface area contributed by atoms with Crippen molar-refractivity contribution in [2.75, 3.05) is 6.61 Å². The van der Waals surface area contributed by atoms with Crippen molar-refractivity contribution < 1.29 is 19.1 Å². The maximum atomic E-state index is 13.4. The summed E-state index contributed by atoms with van der Waals surface area (Å²) >= 11 is 0. The molecule has 0 heterocycles. The van der Waals surface area contributed by atoms with Crippen LogP contribution in [-0.4, -0.2) is 24.1 Å². The second kappa shape index (κ2) is 6.52. The van der Waals surface area contributed by atoms with Crippen molar-refractivity contribution >= 4 is 17.5 Å². The van der Waals surface area contributed by atoms with Gasteiger partial charge in [-0.2, -0.15) is 0 Å². The van der Waals surface area contributed by atoms with Crippen LogP contribution in [0.5, 0.6) is 0 Å². The average Bonchev–Trinajstić information content (AvgIpc) is 2.81. The molecule has 0 spiro atoms. The summed E-state index contributed by atoms with van der Waals surface area (Å²) in [6, 6.07) is 10.6. The molecule has 0 aromatic heterocycles. The molecule has 0 atom stereocenters. The Hall–Kier alpha value is -2.75. The fourth-order valence-corrected chi connectivity index (χ4v) is 3.85. The van der Waals surface area contributed by atoms with Crippen LogP contribution < -0.4 is 0 Å². The molecule has 4 nitrogen and oxygen atoms in total. The molecule has 0 N–H and O–H groups in total. The first-order valence-electron chi connectivity index (χ1n) is 8.75. The molecule has 0 saturated heterocycles. The minimum atomic E-state index is -1.54. The minimum absolute atomic E-state index is 0.204. The Balaban J connectivity index is 2.29. The van der Waals surface area contributed by atoms with E-state index in [4.69, 9.17) is 4.74 Å². The van der Waals surface area contributed by atoms with Crippen LogP contribution >= 0.6 is 0 Å². The summed E-state index contributed by atoms with van der Waals surface area (Å²) in [6.07, 6.45) is -0.281. The zero-order chi connectivity index (χ0) is 19.1. The molecule has 0 radical (unpaired) electrons. The minimum Gasteiger partial charge on any atom is -0.466 e. The van der Waals surface area contributed by atoms with Gasteiger partial charge in [-0.1, -0.05) is 42.0 Å². The van der Waals surface area contributed by atoms with Gasteiger partial charge in [0.25, 0.3) is 0 Å². The highest BCUT2D eigenvalue weighted by Crippen LogP contribution is 2.44. The summed E-state index contributed by atoms with van der Waals surface area (Å²) in [6.45, 7) is 7.67. The first-order valence-corrected chi connectivity index (χ1v) is 8.75. The zero-order valence-electron chi connectivity index (χ0n) is 15.5. The Morgan fingerprint density at radius 3 is 2.12 bits per heavy atom. The molecule has 0 amide bonds. The van der Waals surface area contributed by atoms with Crippen molar-refractivity contribution in [2.24, 2.45) is 0 Å². The van der Waals surface area contributed by atoms with Crippen LogP contribution in [0.4, 0.5) is 0 Å². The van der Waals surface area contributed by atoms with E-state index in [-0.39, 0.29) is 24.6 Å². The van der Waals surface area contributed by atoms with Crippen LogP contribution in [0.15, 0.2) is 36.4 Å². The van der Waals surface area contributed by atoms with Crippen LogP contribution in [-0.2, 0) is 14.9 Å². The third kappa shape index (κ3) is 2.57. The van der Waals surface area contributed by atoms with E-state index in [1.165, 1.54) is 0 Å². The van der Waals surface area contributed by atoms with Gasteiger partial charge in [0.1, 0.15) is 5.41 Å². The van der Waals surface area contributed by atoms with Crippen molar-refractivity contribution in [1.29, 1.82) is 0 Å². The highest BCUT2D eigenvalue weighted by Gasteiger charge is 2.56. The quantitative estimate of drug-likeness (QED) is 0.620. The largest absolute Gasteiger partial charge is 0.466 e. The van der Waals surface area contributed by atoms with Gasteiger partial charge in [-0.15, -0.1) is 0 Å². The van der Waals surface area contributed by atoms with Crippen molar-refractivity contribution in [3.63, 3.8) is 0 Å². The third-order valence-electron chi connectivity index (χ3n) is 5.18.